The van der Waals surface area contributed by atoms with Gasteiger partial charge in [0.2, 0.25) is 0 Å². The summed E-state index contributed by atoms with van der Waals surface area (Å²) in [6, 6.07) is 25.9. The Bertz CT molecular complexity index is 1320. The van der Waals surface area contributed by atoms with Gasteiger partial charge in [-0.2, -0.15) is 0 Å². The van der Waals surface area contributed by atoms with Crippen molar-refractivity contribution in [1.29, 1.82) is 0 Å². The van der Waals surface area contributed by atoms with Crippen molar-refractivity contribution in [2.45, 2.75) is 69.3 Å². The van der Waals surface area contributed by atoms with Crippen LogP contribution in [-0.4, -0.2) is 3.21 Å². The van der Waals surface area contributed by atoms with Crippen molar-refractivity contribution in [3.05, 3.63) is 116 Å². The third-order valence-electron chi connectivity index (χ3n) is 7.76. The van der Waals surface area contributed by atoms with Gasteiger partial charge in [0, 0.05) is 0 Å². The van der Waals surface area contributed by atoms with Crippen LogP contribution in [0.3, 0.4) is 0 Å². The fourth-order valence-electron chi connectivity index (χ4n) is 5.64. The number of fused-ring (bicyclic) bond motifs is 3. The molecule has 3 aromatic rings. The standard InChI is InChI=1S/C21H25.C8H8.C5H5.2ClH.Zr/c1-20(2,3)16-7-9-18-14(12-16)11-15-13-17(21(4,5)6)8-10-19(15)18;1-2-8-6-4-3-5-7-8;1-2-4-5-3-1;;;/h7-13H,1-6H3;3-7H,1H3;1-3H,4H2;2*1H;/q;;;;;+2/p-2. The first kappa shape index (κ1) is 30.0. The van der Waals surface area contributed by atoms with Gasteiger partial charge in [-0.15, -0.1) is 0 Å². The smallest absolute Gasteiger partial charge is 1.00 e. The van der Waals surface area contributed by atoms with E-state index in [9.17, 15) is 0 Å². The molecule has 2 aliphatic carbocycles. The molecule has 3 aromatic carbocycles. The van der Waals surface area contributed by atoms with Gasteiger partial charge < -0.3 is 24.8 Å². The fourth-order valence-corrected chi connectivity index (χ4v) is 14.2. The van der Waals surface area contributed by atoms with Gasteiger partial charge in [-0.25, -0.2) is 0 Å². The van der Waals surface area contributed by atoms with E-state index in [2.05, 4.69) is 133 Å². The molecule has 0 bridgehead atoms. The summed E-state index contributed by atoms with van der Waals surface area (Å²) in [4.78, 5) is 0. The molecule has 0 saturated heterocycles. The summed E-state index contributed by atoms with van der Waals surface area (Å²) < 4.78 is 3.90. The van der Waals surface area contributed by atoms with E-state index in [1.54, 1.807) is 17.6 Å². The molecule has 0 fully saturated rings. The summed E-state index contributed by atoms with van der Waals surface area (Å²) in [6.07, 6.45) is 8.24. The van der Waals surface area contributed by atoms with E-state index in [1.807, 2.05) is 0 Å². The summed E-state index contributed by atoms with van der Waals surface area (Å²) in [5.74, 6) is 0. The van der Waals surface area contributed by atoms with Crippen LogP contribution in [-0.2, 0) is 32.1 Å². The maximum atomic E-state index is 2.57. The Morgan fingerprint density at radius 2 is 1.24 bits per heavy atom. The van der Waals surface area contributed by atoms with Crippen LogP contribution in [0.2, 0.25) is 0 Å². The molecular formula is C34H38Cl2Zr. The van der Waals surface area contributed by atoms with E-state index in [-0.39, 0.29) is 35.6 Å². The van der Waals surface area contributed by atoms with Gasteiger partial charge in [0.05, 0.1) is 0 Å². The van der Waals surface area contributed by atoms with E-state index in [0.717, 1.165) is 6.42 Å². The number of halogens is 2. The Morgan fingerprint density at radius 1 is 0.730 bits per heavy atom. The first-order valence-electron chi connectivity index (χ1n) is 13.0. The summed E-state index contributed by atoms with van der Waals surface area (Å²) in [7, 11) is 0. The minimum atomic E-state index is -2.36. The molecule has 0 aliphatic heterocycles. The number of allylic oxidation sites excluding steroid dienone is 4. The van der Waals surface area contributed by atoms with Crippen LogP contribution < -0.4 is 24.8 Å². The Morgan fingerprint density at radius 3 is 1.68 bits per heavy atom. The molecule has 0 N–H and O–H groups in total. The zero-order chi connectivity index (χ0) is 25.0. The topological polar surface area (TPSA) is 0 Å². The van der Waals surface area contributed by atoms with Gasteiger partial charge in [0.15, 0.2) is 0 Å². The molecule has 0 heterocycles. The SMILES string of the molecule is C/[C](c1ccccc1)=[Zr+2](/[C]1=CC=CC1)[CH]1c2cc(C(C)(C)C)ccc2-c2ccc(C(C)(C)C)cc21.[Cl-].[Cl-]. The van der Waals surface area contributed by atoms with Crippen molar-refractivity contribution in [3.63, 3.8) is 0 Å². The number of rotatable bonds is 3. The Balaban J connectivity index is 0.00000190. The molecule has 192 valence electrons. The molecule has 0 radical (unpaired) electrons. The Hall–Kier alpha value is -1.53. The Kier molecular flexibility index (Phi) is 9.17. The maximum absolute atomic E-state index is 2.57. The van der Waals surface area contributed by atoms with Crippen molar-refractivity contribution < 1.29 is 46.1 Å². The molecule has 0 unspecified atom stereocenters. The van der Waals surface area contributed by atoms with E-state index < -0.39 is 21.3 Å². The molecule has 37 heavy (non-hydrogen) atoms. The van der Waals surface area contributed by atoms with Gasteiger partial charge in [-0.1, -0.05) is 0 Å². The molecule has 0 aromatic heterocycles. The number of benzene rings is 3. The van der Waals surface area contributed by atoms with Crippen LogP contribution in [0.15, 0.2) is 88.2 Å². The van der Waals surface area contributed by atoms with Crippen molar-refractivity contribution in [3.8, 4) is 11.1 Å². The largest absolute Gasteiger partial charge is 1.00 e. The number of hydrogen-bond acceptors (Lipinski definition) is 0. The summed E-state index contributed by atoms with van der Waals surface area (Å²) >= 11 is -2.36. The minimum absolute atomic E-state index is 0. The van der Waals surface area contributed by atoms with Gasteiger partial charge in [0.25, 0.3) is 0 Å². The summed E-state index contributed by atoms with van der Waals surface area (Å²) in [5, 5.41) is 0. The zero-order valence-corrected chi connectivity index (χ0v) is 27.1. The first-order valence-corrected chi connectivity index (χ1v) is 16.8. The van der Waals surface area contributed by atoms with Crippen molar-refractivity contribution >= 4 is 3.21 Å². The molecule has 2 aliphatic rings. The summed E-state index contributed by atoms with van der Waals surface area (Å²) in [6.45, 7) is 16.5. The van der Waals surface area contributed by atoms with Gasteiger partial charge in [-0.05, 0) is 0 Å². The molecule has 0 saturated carbocycles. The van der Waals surface area contributed by atoms with E-state index in [1.165, 1.54) is 27.8 Å². The molecule has 0 spiro atoms. The van der Waals surface area contributed by atoms with Gasteiger partial charge in [-0.3, -0.25) is 0 Å². The monoisotopic (exact) mass is 606 g/mol. The molecular weight excluding hydrogens is 571 g/mol. The second kappa shape index (κ2) is 11.3. The van der Waals surface area contributed by atoms with Crippen LogP contribution in [0.5, 0.6) is 0 Å². The summed E-state index contributed by atoms with van der Waals surface area (Å²) in [5.41, 5.74) is 10.7. The average molecular weight is 609 g/mol. The van der Waals surface area contributed by atoms with Crippen LogP contribution >= 0.6 is 0 Å². The van der Waals surface area contributed by atoms with E-state index >= 15 is 0 Å². The molecule has 0 nitrogen and oxygen atoms in total. The van der Waals surface area contributed by atoms with Crippen LogP contribution in [0.1, 0.15) is 86.3 Å². The second-order valence-electron chi connectivity index (χ2n) is 12.3. The molecule has 3 heteroatoms. The second-order valence-corrected chi connectivity index (χ2v) is 19.1. The van der Waals surface area contributed by atoms with Crippen molar-refractivity contribution in [1.82, 2.24) is 0 Å². The van der Waals surface area contributed by atoms with Gasteiger partial charge >= 0.3 is 221 Å². The normalized spacial score (nSPS) is 14.8. The predicted molar refractivity (Wildman–Crippen MR) is 149 cm³/mol. The van der Waals surface area contributed by atoms with Crippen LogP contribution in [0.4, 0.5) is 0 Å². The third-order valence-corrected chi connectivity index (χ3v) is 16.0. The number of hydrogen-bond donors (Lipinski definition) is 0. The maximum Gasteiger partial charge on any atom is -1.00 e. The van der Waals surface area contributed by atoms with Crippen molar-refractivity contribution in [2.24, 2.45) is 0 Å². The van der Waals surface area contributed by atoms with Crippen LogP contribution in [0.25, 0.3) is 11.1 Å². The van der Waals surface area contributed by atoms with E-state index in [0.29, 0.717) is 3.63 Å². The van der Waals surface area contributed by atoms with Crippen molar-refractivity contribution in [2.75, 3.05) is 0 Å². The predicted octanol–water partition coefficient (Wildman–Crippen LogP) is 3.06. The molecule has 0 atom stereocenters. The Labute approximate surface area is 244 Å². The van der Waals surface area contributed by atoms with Gasteiger partial charge in [0.1, 0.15) is 0 Å². The average Bonchev–Trinajstić information content (AvgIpc) is 3.45. The molecule has 0 amide bonds. The fraction of sp³-hybridized carbons (Fsp3) is 0.324. The zero-order valence-electron chi connectivity index (χ0n) is 23.1. The third kappa shape index (κ3) is 5.76. The molecule has 5 rings (SSSR count). The first-order chi connectivity index (χ1) is 16.6. The van der Waals surface area contributed by atoms with E-state index in [4.69, 9.17) is 0 Å². The minimum Gasteiger partial charge on any atom is -1.00 e. The quantitative estimate of drug-likeness (QED) is 0.429. The van der Waals surface area contributed by atoms with Crippen LogP contribution in [0, 0.1) is 0 Å².